The highest BCUT2D eigenvalue weighted by Crippen LogP contribution is 2.21. The Morgan fingerprint density at radius 1 is 1.40 bits per heavy atom. The first kappa shape index (κ1) is 14.9. The van der Waals surface area contributed by atoms with Crippen molar-refractivity contribution in [2.45, 2.75) is 44.2 Å². The minimum Gasteiger partial charge on any atom is -0.348 e. The Kier molecular flexibility index (Phi) is 4.70. The molecule has 1 saturated heterocycles. The molecular formula is C15H20F2N2O. The minimum absolute atomic E-state index is 0.166. The molecule has 0 radical (unpaired) electrons. The van der Waals surface area contributed by atoms with E-state index in [1.807, 2.05) is 6.92 Å². The van der Waals surface area contributed by atoms with Crippen LogP contribution < -0.4 is 10.6 Å². The largest absolute Gasteiger partial charge is 0.348 e. The van der Waals surface area contributed by atoms with Crippen molar-refractivity contribution in [2.24, 2.45) is 0 Å². The maximum Gasteiger partial charge on any atom is 0.328 e. The molecule has 1 fully saturated rings. The van der Waals surface area contributed by atoms with E-state index in [1.165, 1.54) is 0 Å². The van der Waals surface area contributed by atoms with Crippen molar-refractivity contribution in [1.29, 1.82) is 0 Å². The lowest BCUT2D eigenvalue weighted by Crippen LogP contribution is -2.51. The number of nitrogens with one attached hydrogen (secondary N) is 2. The number of amides is 1. The molecule has 0 unspecified atom stereocenters. The van der Waals surface area contributed by atoms with Gasteiger partial charge in [-0.05, 0) is 31.9 Å². The molecule has 0 saturated carbocycles. The molecule has 110 valence electrons. The summed E-state index contributed by atoms with van der Waals surface area (Å²) < 4.78 is 27.9. The Labute approximate surface area is 117 Å². The van der Waals surface area contributed by atoms with Crippen molar-refractivity contribution in [3.63, 3.8) is 0 Å². The second kappa shape index (κ2) is 6.31. The van der Waals surface area contributed by atoms with Gasteiger partial charge in [0.1, 0.15) is 0 Å². The molecule has 5 heteroatoms. The van der Waals surface area contributed by atoms with Crippen LogP contribution in [0.4, 0.5) is 8.78 Å². The van der Waals surface area contributed by atoms with E-state index in [0.29, 0.717) is 18.4 Å². The van der Waals surface area contributed by atoms with Gasteiger partial charge in [-0.15, -0.1) is 0 Å². The SMILES string of the molecule is C[C@H]1C[C@@H](NC(=O)C(F)(F)Cc2ccccc2)CCN1. The molecule has 20 heavy (non-hydrogen) atoms. The van der Waals surface area contributed by atoms with Crippen LogP contribution in [0, 0.1) is 0 Å². The molecule has 1 heterocycles. The number of hydrogen-bond acceptors (Lipinski definition) is 2. The van der Waals surface area contributed by atoms with Gasteiger partial charge >= 0.3 is 5.92 Å². The fraction of sp³-hybridized carbons (Fsp3) is 0.533. The van der Waals surface area contributed by atoms with Crippen LogP contribution in [0.15, 0.2) is 30.3 Å². The van der Waals surface area contributed by atoms with Gasteiger partial charge in [0.15, 0.2) is 0 Å². The third-order valence-electron chi connectivity index (χ3n) is 3.56. The number of halogens is 2. The molecule has 1 aromatic rings. The van der Waals surface area contributed by atoms with Crippen LogP contribution in [0.2, 0.25) is 0 Å². The smallest absolute Gasteiger partial charge is 0.328 e. The van der Waals surface area contributed by atoms with Crippen molar-refractivity contribution in [3.8, 4) is 0 Å². The number of benzene rings is 1. The number of hydrogen-bond donors (Lipinski definition) is 2. The molecule has 2 rings (SSSR count). The van der Waals surface area contributed by atoms with Crippen molar-refractivity contribution in [1.82, 2.24) is 10.6 Å². The summed E-state index contributed by atoms with van der Waals surface area (Å²) >= 11 is 0. The average Bonchev–Trinajstić information content (AvgIpc) is 2.39. The molecule has 0 aromatic heterocycles. The van der Waals surface area contributed by atoms with Gasteiger partial charge in [0.25, 0.3) is 5.91 Å². The van der Waals surface area contributed by atoms with Gasteiger partial charge in [-0.25, -0.2) is 0 Å². The summed E-state index contributed by atoms with van der Waals surface area (Å²) in [6, 6.07) is 8.44. The highest BCUT2D eigenvalue weighted by atomic mass is 19.3. The van der Waals surface area contributed by atoms with E-state index >= 15 is 0 Å². The third kappa shape index (κ3) is 4.00. The van der Waals surface area contributed by atoms with Gasteiger partial charge in [-0.1, -0.05) is 30.3 Å². The van der Waals surface area contributed by atoms with Crippen LogP contribution in [-0.4, -0.2) is 30.5 Å². The van der Waals surface area contributed by atoms with Crippen LogP contribution >= 0.6 is 0 Å². The zero-order chi connectivity index (χ0) is 14.6. The number of rotatable bonds is 4. The van der Waals surface area contributed by atoms with Crippen LogP contribution in [-0.2, 0) is 11.2 Å². The van der Waals surface area contributed by atoms with Crippen molar-refractivity contribution >= 4 is 5.91 Å². The maximum atomic E-state index is 13.9. The second-order valence-electron chi connectivity index (χ2n) is 5.42. The molecule has 1 aliphatic rings. The van der Waals surface area contributed by atoms with Crippen LogP contribution in [0.1, 0.15) is 25.3 Å². The van der Waals surface area contributed by atoms with Gasteiger partial charge in [0.05, 0.1) is 0 Å². The molecule has 0 bridgehead atoms. The Balaban J connectivity index is 1.93. The molecule has 1 amide bonds. The Morgan fingerprint density at radius 2 is 2.10 bits per heavy atom. The molecule has 0 aliphatic carbocycles. The van der Waals surface area contributed by atoms with Crippen LogP contribution in [0.5, 0.6) is 0 Å². The van der Waals surface area contributed by atoms with E-state index in [1.54, 1.807) is 30.3 Å². The zero-order valence-corrected chi connectivity index (χ0v) is 11.5. The monoisotopic (exact) mass is 282 g/mol. The van der Waals surface area contributed by atoms with E-state index in [0.717, 1.165) is 6.54 Å². The van der Waals surface area contributed by atoms with Gasteiger partial charge < -0.3 is 10.6 Å². The summed E-state index contributed by atoms with van der Waals surface area (Å²) in [7, 11) is 0. The summed E-state index contributed by atoms with van der Waals surface area (Å²) in [5.41, 5.74) is 0.464. The third-order valence-corrected chi connectivity index (χ3v) is 3.56. The fourth-order valence-electron chi connectivity index (χ4n) is 2.49. The van der Waals surface area contributed by atoms with Crippen molar-refractivity contribution < 1.29 is 13.6 Å². The van der Waals surface area contributed by atoms with E-state index in [-0.39, 0.29) is 12.1 Å². The zero-order valence-electron chi connectivity index (χ0n) is 11.5. The number of piperidine rings is 1. The predicted molar refractivity (Wildman–Crippen MR) is 73.7 cm³/mol. The van der Waals surface area contributed by atoms with Crippen LogP contribution in [0.3, 0.4) is 0 Å². The van der Waals surface area contributed by atoms with E-state index in [4.69, 9.17) is 0 Å². The second-order valence-corrected chi connectivity index (χ2v) is 5.42. The fourth-order valence-corrected chi connectivity index (χ4v) is 2.49. The average molecular weight is 282 g/mol. The minimum atomic E-state index is -3.37. The highest BCUT2D eigenvalue weighted by Gasteiger charge is 2.40. The lowest BCUT2D eigenvalue weighted by Gasteiger charge is -2.30. The van der Waals surface area contributed by atoms with Crippen molar-refractivity contribution in [3.05, 3.63) is 35.9 Å². The van der Waals surface area contributed by atoms with Gasteiger partial charge in [-0.3, -0.25) is 4.79 Å². The Morgan fingerprint density at radius 3 is 2.75 bits per heavy atom. The van der Waals surface area contributed by atoms with Gasteiger partial charge in [-0.2, -0.15) is 8.78 Å². The van der Waals surface area contributed by atoms with E-state index in [9.17, 15) is 13.6 Å². The summed E-state index contributed by atoms with van der Waals surface area (Å²) in [6.07, 6.45) is 0.824. The van der Waals surface area contributed by atoms with Crippen molar-refractivity contribution in [2.75, 3.05) is 6.54 Å². The lowest BCUT2D eigenvalue weighted by molar-refractivity contribution is -0.146. The van der Waals surface area contributed by atoms with Gasteiger partial charge in [0, 0.05) is 18.5 Å². The first-order chi connectivity index (χ1) is 9.47. The standard InChI is InChI=1S/C15H20F2N2O/c1-11-9-13(7-8-18-11)19-14(20)15(16,17)10-12-5-3-2-4-6-12/h2-6,11,13,18H,7-10H2,1H3,(H,19,20)/t11-,13-/m0/s1. The first-order valence-corrected chi connectivity index (χ1v) is 6.93. The molecule has 2 atom stereocenters. The highest BCUT2D eigenvalue weighted by molar-refractivity contribution is 5.84. The molecule has 0 spiro atoms. The Hall–Kier alpha value is -1.49. The topological polar surface area (TPSA) is 41.1 Å². The normalized spacial score (nSPS) is 23.4. The number of carbonyl (C=O) groups excluding carboxylic acids is 1. The Bertz CT molecular complexity index is 450. The van der Waals surface area contributed by atoms with E-state index in [2.05, 4.69) is 10.6 Å². The predicted octanol–water partition coefficient (Wildman–Crippen LogP) is 2.12. The molecule has 1 aliphatic heterocycles. The summed E-state index contributed by atoms with van der Waals surface area (Å²) in [5, 5.41) is 5.71. The number of carbonyl (C=O) groups is 1. The summed E-state index contributed by atoms with van der Waals surface area (Å²) in [6.45, 7) is 2.73. The van der Waals surface area contributed by atoms with Crippen LogP contribution in [0.25, 0.3) is 0 Å². The summed E-state index contributed by atoms with van der Waals surface area (Å²) in [4.78, 5) is 11.8. The van der Waals surface area contributed by atoms with E-state index < -0.39 is 18.3 Å². The molecular weight excluding hydrogens is 262 g/mol. The molecule has 1 aromatic carbocycles. The quantitative estimate of drug-likeness (QED) is 0.888. The lowest BCUT2D eigenvalue weighted by atomic mass is 9.99. The molecule has 2 N–H and O–H groups in total. The molecule has 3 nitrogen and oxygen atoms in total. The summed E-state index contributed by atoms with van der Waals surface area (Å²) in [5.74, 6) is -4.53. The van der Waals surface area contributed by atoms with Gasteiger partial charge in [0.2, 0.25) is 0 Å². The first-order valence-electron chi connectivity index (χ1n) is 6.93. The maximum absolute atomic E-state index is 13.9. The number of alkyl halides is 2.